The summed E-state index contributed by atoms with van der Waals surface area (Å²) in [5.74, 6) is 0.998. The SMILES string of the molecule is CN(C)CC(N)CCOc1ccc2c(c1)CCCC2. The molecule has 1 unspecified atom stereocenters. The molecule has 0 radical (unpaired) electrons. The van der Waals surface area contributed by atoms with Crippen LogP contribution in [0.4, 0.5) is 0 Å². The fraction of sp³-hybridized carbons (Fsp3) is 0.625. The van der Waals surface area contributed by atoms with Gasteiger partial charge in [0.05, 0.1) is 6.61 Å². The minimum atomic E-state index is 0.188. The van der Waals surface area contributed by atoms with Gasteiger partial charge in [-0.2, -0.15) is 0 Å². The summed E-state index contributed by atoms with van der Waals surface area (Å²) < 4.78 is 5.83. The third kappa shape index (κ3) is 4.51. The van der Waals surface area contributed by atoms with E-state index in [1.165, 1.54) is 36.8 Å². The molecule has 1 aromatic rings. The number of nitrogens with two attached hydrogens (primary N) is 1. The molecule has 106 valence electrons. The van der Waals surface area contributed by atoms with E-state index in [-0.39, 0.29) is 6.04 Å². The molecular weight excluding hydrogens is 236 g/mol. The van der Waals surface area contributed by atoms with Gasteiger partial charge in [-0.15, -0.1) is 0 Å². The zero-order chi connectivity index (χ0) is 13.7. The molecule has 1 atom stereocenters. The summed E-state index contributed by atoms with van der Waals surface area (Å²) in [6, 6.07) is 6.73. The lowest BCUT2D eigenvalue weighted by molar-refractivity contribution is 0.276. The van der Waals surface area contributed by atoms with Crippen LogP contribution in [0.15, 0.2) is 18.2 Å². The highest BCUT2D eigenvalue weighted by molar-refractivity contribution is 5.37. The van der Waals surface area contributed by atoms with E-state index in [9.17, 15) is 0 Å². The van der Waals surface area contributed by atoms with Gasteiger partial charge in [0, 0.05) is 12.6 Å². The second-order valence-corrected chi connectivity index (χ2v) is 5.80. The monoisotopic (exact) mass is 262 g/mol. The van der Waals surface area contributed by atoms with E-state index in [4.69, 9.17) is 10.5 Å². The number of fused-ring (bicyclic) bond motifs is 1. The van der Waals surface area contributed by atoms with E-state index in [1.807, 2.05) is 14.1 Å². The quantitative estimate of drug-likeness (QED) is 0.854. The molecule has 0 bridgehead atoms. The maximum atomic E-state index is 6.03. The van der Waals surface area contributed by atoms with Crippen LogP contribution in [0.3, 0.4) is 0 Å². The zero-order valence-electron chi connectivity index (χ0n) is 12.2. The predicted octanol–water partition coefficient (Wildman–Crippen LogP) is 2.22. The van der Waals surface area contributed by atoms with Gasteiger partial charge in [0.15, 0.2) is 0 Å². The van der Waals surface area contributed by atoms with Gasteiger partial charge < -0.3 is 15.4 Å². The maximum absolute atomic E-state index is 6.03. The lowest BCUT2D eigenvalue weighted by Gasteiger charge is -2.18. The molecule has 0 aliphatic heterocycles. The van der Waals surface area contributed by atoms with E-state index < -0.39 is 0 Å². The van der Waals surface area contributed by atoms with Crippen LogP contribution < -0.4 is 10.5 Å². The second-order valence-electron chi connectivity index (χ2n) is 5.80. The van der Waals surface area contributed by atoms with Crippen molar-refractivity contribution < 1.29 is 4.74 Å². The molecule has 19 heavy (non-hydrogen) atoms. The molecule has 0 saturated heterocycles. The van der Waals surface area contributed by atoms with Gasteiger partial charge in [0.2, 0.25) is 0 Å². The summed E-state index contributed by atoms with van der Waals surface area (Å²) in [5.41, 5.74) is 9.00. The molecule has 0 amide bonds. The van der Waals surface area contributed by atoms with Crippen molar-refractivity contribution in [1.29, 1.82) is 0 Å². The first-order valence-electron chi connectivity index (χ1n) is 7.30. The first-order chi connectivity index (χ1) is 9.15. The first kappa shape index (κ1) is 14.4. The van der Waals surface area contributed by atoms with Gasteiger partial charge in [-0.3, -0.25) is 0 Å². The third-order valence-corrected chi connectivity index (χ3v) is 3.68. The summed E-state index contributed by atoms with van der Waals surface area (Å²) in [6.07, 6.45) is 5.96. The molecule has 0 heterocycles. The number of aryl methyl sites for hydroxylation is 2. The topological polar surface area (TPSA) is 38.5 Å². The number of benzene rings is 1. The van der Waals surface area contributed by atoms with Crippen molar-refractivity contribution in [3.8, 4) is 5.75 Å². The summed E-state index contributed by atoms with van der Waals surface area (Å²) in [5, 5.41) is 0. The minimum Gasteiger partial charge on any atom is -0.494 e. The maximum Gasteiger partial charge on any atom is 0.119 e. The number of likely N-dealkylation sites (N-methyl/N-ethyl adjacent to an activating group) is 1. The molecule has 1 aliphatic carbocycles. The standard InChI is InChI=1S/C16H26N2O/c1-18(2)12-15(17)9-10-19-16-8-7-13-5-3-4-6-14(13)11-16/h7-8,11,15H,3-6,9-10,12,17H2,1-2H3. The van der Waals surface area contributed by atoms with E-state index in [0.717, 1.165) is 18.7 Å². The molecule has 0 aromatic heterocycles. The van der Waals surface area contributed by atoms with Crippen molar-refractivity contribution in [1.82, 2.24) is 4.90 Å². The molecule has 0 saturated carbocycles. The zero-order valence-corrected chi connectivity index (χ0v) is 12.2. The molecular formula is C16H26N2O. The van der Waals surface area contributed by atoms with Gasteiger partial charge in [-0.1, -0.05) is 6.07 Å². The number of hydrogen-bond acceptors (Lipinski definition) is 3. The molecule has 3 nitrogen and oxygen atoms in total. The fourth-order valence-electron chi connectivity index (χ4n) is 2.69. The smallest absolute Gasteiger partial charge is 0.119 e. The highest BCUT2D eigenvalue weighted by Crippen LogP contribution is 2.25. The van der Waals surface area contributed by atoms with Crippen LogP contribution in [-0.2, 0) is 12.8 Å². The summed E-state index contributed by atoms with van der Waals surface area (Å²) in [4.78, 5) is 2.11. The third-order valence-electron chi connectivity index (χ3n) is 3.68. The Labute approximate surface area is 116 Å². The van der Waals surface area contributed by atoms with Crippen molar-refractivity contribution in [3.05, 3.63) is 29.3 Å². The first-order valence-corrected chi connectivity index (χ1v) is 7.30. The minimum absolute atomic E-state index is 0.188. The molecule has 0 fully saturated rings. The summed E-state index contributed by atoms with van der Waals surface area (Å²) in [7, 11) is 4.09. The number of ether oxygens (including phenoxy) is 1. The Hall–Kier alpha value is -1.06. The van der Waals surface area contributed by atoms with Crippen molar-refractivity contribution in [2.24, 2.45) is 5.73 Å². The molecule has 2 rings (SSSR count). The van der Waals surface area contributed by atoms with Crippen LogP contribution in [0.1, 0.15) is 30.4 Å². The van der Waals surface area contributed by atoms with E-state index in [2.05, 4.69) is 23.1 Å². The second kappa shape index (κ2) is 6.92. The molecule has 2 N–H and O–H groups in total. The van der Waals surface area contributed by atoms with Gasteiger partial charge in [0.1, 0.15) is 5.75 Å². The largest absolute Gasteiger partial charge is 0.494 e. The van der Waals surface area contributed by atoms with Crippen LogP contribution >= 0.6 is 0 Å². The average molecular weight is 262 g/mol. The fourth-order valence-corrected chi connectivity index (χ4v) is 2.69. The van der Waals surface area contributed by atoms with Crippen LogP contribution in [0.2, 0.25) is 0 Å². The highest BCUT2D eigenvalue weighted by Gasteiger charge is 2.10. The van der Waals surface area contributed by atoms with Crippen LogP contribution in [0.5, 0.6) is 5.75 Å². The molecule has 3 heteroatoms. The molecule has 1 aromatic carbocycles. The molecule has 0 spiro atoms. The average Bonchev–Trinajstić information content (AvgIpc) is 2.37. The van der Waals surface area contributed by atoms with Gasteiger partial charge in [0.25, 0.3) is 0 Å². The normalized spacial score (nSPS) is 16.2. The Morgan fingerprint density at radius 1 is 1.21 bits per heavy atom. The number of nitrogens with zero attached hydrogens (tertiary/aromatic N) is 1. The highest BCUT2D eigenvalue weighted by atomic mass is 16.5. The number of rotatable bonds is 6. The van der Waals surface area contributed by atoms with E-state index in [0.29, 0.717) is 6.61 Å². The van der Waals surface area contributed by atoms with Gasteiger partial charge >= 0.3 is 0 Å². The molecule has 1 aliphatic rings. The van der Waals surface area contributed by atoms with Gasteiger partial charge in [-0.25, -0.2) is 0 Å². The van der Waals surface area contributed by atoms with Crippen LogP contribution in [-0.4, -0.2) is 38.2 Å². The van der Waals surface area contributed by atoms with Crippen LogP contribution in [0, 0.1) is 0 Å². The van der Waals surface area contributed by atoms with E-state index in [1.54, 1.807) is 0 Å². The van der Waals surface area contributed by atoms with Crippen molar-refractivity contribution in [2.45, 2.75) is 38.1 Å². The van der Waals surface area contributed by atoms with Crippen molar-refractivity contribution >= 4 is 0 Å². The van der Waals surface area contributed by atoms with Crippen LogP contribution in [0.25, 0.3) is 0 Å². The lowest BCUT2D eigenvalue weighted by Crippen LogP contribution is -2.34. The van der Waals surface area contributed by atoms with E-state index >= 15 is 0 Å². The Balaban J connectivity index is 1.80. The number of hydrogen-bond donors (Lipinski definition) is 1. The van der Waals surface area contributed by atoms with Gasteiger partial charge in [-0.05, 0) is 69.5 Å². The summed E-state index contributed by atoms with van der Waals surface area (Å²) >= 11 is 0. The Morgan fingerprint density at radius 2 is 1.95 bits per heavy atom. The van der Waals surface area contributed by atoms with Crippen molar-refractivity contribution in [3.63, 3.8) is 0 Å². The van der Waals surface area contributed by atoms with Crippen molar-refractivity contribution in [2.75, 3.05) is 27.2 Å². The predicted molar refractivity (Wildman–Crippen MR) is 79.7 cm³/mol. The Kier molecular flexibility index (Phi) is 5.23. The Morgan fingerprint density at radius 3 is 2.68 bits per heavy atom. The summed E-state index contributed by atoms with van der Waals surface area (Å²) in [6.45, 7) is 1.61. The Bertz CT molecular complexity index is 404. The lowest BCUT2D eigenvalue weighted by atomic mass is 9.92.